The molecule has 0 bridgehead atoms. The molecule has 0 aliphatic carbocycles. The molecular formula is C20H21ClF2N4O. The molecule has 5 nitrogen and oxygen atoms in total. The Morgan fingerprint density at radius 1 is 1.18 bits per heavy atom. The molecule has 28 heavy (non-hydrogen) atoms. The highest BCUT2D eigenvalue weighted by Crippen LogP contribution is 2.23. The minimum Gasteiger partial charge on any atom is -0.309 e. The van der Waals surface area contributed by atoms with E-state index in [9.17, 15) is 13.6 Å². The lowest BCUT2D eigenvalue weighted by atomic mass is 10.2. The number of anilines is 1. The number of fused-ring (bicyclic) bond motifs is 1. The van der Waals surface area contributed by atoms with Crippen LogP contribution in [0.25, 0.3) is 11.0 Å². The van der Waals surface area contributed by atoms with Gasteiger partial charge in [0.15, 0.2) is 11.6 Å². The van der Waals surface area contributed by atoms with E-state index in [2.05, 4.69) is 29.0 Å². The lowest BCUT2D eigenvalue weighted by Gasteiger charge is -2.19. The molecule has 1 amide bonds. The molecule has 3 rings (SSSR count). The fourth-order valence-electron chi connectivity index (χ4n) is 3.04. The summed E-state index contributed by atoms with van der Waals surface area (Å²) in [6.45, 7) is 7.39. The minimum atomic E-state index is -1.13. The largest absolute Gasteiger partial charge is 0.309 e. The number of benzene rings is 2. The lowest BCUT2D eigenvalue weighted by molar-refractivity contribution is 0.102. The Labute approximate surface area is 166 Å². The molecule has 0 spiro atoms. The molecule has 2 aromatic carbocycles. The average molecular weight is 407 g/mol. The van der Waals surface area contributed by atoms with Crippen LogP contribution < -0.4 is 5.32 Å². The van der Waals surface area contributed by atoms with Crippen molar-refractivity contribution < 1.29 is 13.6 Å². The number of carbonyl (C=O) groups is 1. The van der Waals surface area contributed by atoms with Crippen molar-refractivity contribution in [2.75, 3.05) is 25.0 Å². The van der Waals surface area contributed by atoms with Crippen LogP contribution in [0.2, 0.25) is 5.02 Å². The lowest BCUT2D eigenvalue weighted by Crippen LogP contribution is -2.27. The number of likely N-dealkylation sites (N-methyl/N-ethyl adjacent to an activating group) is 1. The zero-order valence-corrected chi connectivity index (χ0v) is 16.4. The summed E-state index contributed by atoms with van der Waals surface area (Å²) in [4.78, 5) is 19.4. The molecule has 0 fully saturated rings. The monoisotopic (exact) mass is 406 g/mol. The van der Waals surface area contributed by atoms with E-state index in [0.29, 0.717) is 12.5 Å². The number of imidazole rings is 1. The molecule has 0 atom stereocenters. The first-order chi connectivity index (χ1) is 13.4. The number of nitrogens with zero attached hydrogens (tertiary/aromatic N) is 3. The number of hydrogen-bond acceptors (Lipinski definition) is 3. The first-order valence-corrected chi connectivity index (χ1v) is 9.45. The summed E-state index contributed by atoms with van der Waals surface area (Å²) in [5.74, 6) is -2.56. The number of para-hydroxylation sites is 2. The average Bonchev–Trinajstić information content (AvgIpc) is 3.02. The van der Waals surface area contributed by atoms with Crippen LogP contribution in [0.1, 0.15) is 24.2 Å². The minimum absolute atomic E-state index is 0.150. The van der Waals surface area contributed by atoms with Crippen molar-refractivity contribution in [2.24, 2.45) is 0 Å². The Balaban J connectivity index is 1.93. The first-order valence-electron chi connectivity index (χ1n) is 9.08. The summed E-state index contributed by atoms with van der Waals surface area (Å²) < 4.78 is 28.7. The zero-order chi connectivity index (χ0) is 20.3. The summed E-state index contributed by atoms with van der Waals surface area (Å²) in [7, 11) is 0. The molecule has 0 saturated carbocycles. The molecule has 0 unspecified atom stereocenters. The predicted octanol–water partition coefficient (Wildman–Crippen LogP) is 4.56. The molecule has 3 aromatic rings. The Morgan fingerprint density at radius 3 is 2.57 bits per heavy atom. The van der Waals surface area contributed by atoms with E-state index in [1.165, 1.54) is 0 Å². The van der Waals surface area contributed by atoms with E-state index in [0.717, 1.165) is 42.8 Å². The molecule has 0 aliphatic heterocycles. The van der Waals surface area contributed by atoms with Gasteiger partial charge >= 0.3 is 0 Å². The van der Waals surface area contributed by atoms with Crippen molar-refractivity contribution in [1.29, 1.82) is 0 Å². The number of aromatic nitrogens is 2. The van der Waals surface area contributed by atoms with E-state index in [-0.39, 0.29) is 10.6 Å². The van der Waals surface area contributed by atoms with Gasteiger partial charge in [0.2, 0.25) is 5.95 Å². The van der Waals surface area contributed by atoms with Gasteiger partial charge in [0.25, 0.3) is 5.91 Å². The molecule has 0 radical (unpaired) electrons. The third-order valence-electron chi connectivity index (χ3n) is 4.67. The number of nitrogens with one attached hydrogen (secondary N) is 1. The quantitative estimate of drug-likeness (QED) is 0.585. The van der Waals surface area contributed by atoms with Gasteiger partial charge in [0.05, 0.1) is 21.6 Å². The van der Waals surface area contributed by atoms with E-state index >= 15 is 0 Å². The van der Waals surface area contributed by atoms with Crippen LogP contribution in [0.3, 0.4) is 0 Å². The van der Waals surface area contributed by atoms with Crippen molar-refractivity contribution in [1.82, 2.24) is 14.5 Å². The Bertz CT molecular complexity index is 1000. The van der Waals surface area contributed by atoms with E-state index in [1.54, 1.807) is 0 Å². The van der Waals surface area contributed by atoms with Crippen LogP contribution in [0.15, 0.2) is 36.4 Å². The molecule has 8 heteroatoms. The fourth-order valence-corrected chi connectivity index (χ4v) is 3.28. The Hall–Kier alpha value is -2.51. The van der Waals surface area contributed by atoms with Gasteiger partial charge in [0.1, 0.15) is 0 Å². The Kier molecular flexibility index (Phi) is 6.26. The maximum atomic E-state index is 13.6. The van der Waals surface area contributed by atoms with Crippen LogP contribution in [0, 0.1) is 11.6 Å². The van der Waals surface area contributed by atoms with Gasteiger partial charge < -0.3 is 9.47 Å². The van der Waals surface area contributed by atoms with Crippen LogP contribution in [0.4, 0.5) is 14.7 Å². The van der Waals surface area contributed by atoms with Gasteiger partial charge in [-0.3, -0.25) is 10.1 Å². The standard InChI is InChI=1S/C20H21ClF2N4O/c1-3-26(4-2)9-10-27-18-8-6-5-7-17(18)24-20(27)25-19(28)13-11-15(22)16(23)12-14(13)21/h5-8,11-12H,3-4,9-10H2,1-2H3,(H,24,25,28). The summed E-state index contributed by atoms with van der Waals surface area (Å²) in [6.07, 6.45) is 0. The number of amides is 1. The zero-order valence-electron chi connectivity index (χ0n) is 15.7. The van der Waals surface area contributed by atoms with E-state index < -0.39 is 17.5 Å². The first kappa shape index (κ1) is 20.2. The summed E-state index contributed by atoms with van der Waals surface area (Å²) in [5.41, 5.74) is 1.46. The van der Waals surface area contributed by atoms with Crippen LogP contribution in [0.5, 0.6) is 0 Å². The van der Waals surface area contributed by atoms with Crippen molar-refractivity contribution in [2.45, 2.75) is 20.4 Å². The molecule has 0 aliphatic rings. The van der Waals surface area contributed by atoms with Gasteiger partial charge in [-0.05, 0) is 37.4 Å². The van der Waals surface area contributed by atoms with Gasteiger partial charge in [0, 0.05) is 13.1 Å². The second-order valence-corrected chi connectivity index (χ2v) is 6.71. The molecule has 1 heterocycles. The highest BCUT2D eigenvalue weighted by molar-refractivity contribution is 6.34. The van der Waals surface area contributed by atoms with Gasteiger partial charge in [-0.2, -0.15) is 0 Å². The molecule has 1 aromatic heterocycles. The SMILES string of the molecule is CCN(CC)CCn1c(NC(=O)c2cc(F)c(F)cc2Cl)nc2ccccc21. The molecule has 1 N–H and O–H groups in total. The predicted molar refractivity (Wildman–Crippen MR) is 107 cm³/mol. The third-order valence-corrected chi connectivity index (χ3v) is 4.98. The number of hydrogen-bond donors (Lipinski definition) is 1. The number of halogens is 3. The van der Waals surface area contributed by atoms with Crippen molar-refractivity contribution in [3.8, 4) is 0 Å². The molecular weight excluding hydrogens is 386 g/mol. The maximum absolute atomic E-state index is 13.6. The van der Waals surface area contributed by atoms with Crippen LogP contribution in [-0.2, 0) is 6.54 Å². The highest BCUT2D eigenvalue weighted by atomic mass is 35.5. The van der Waals surface area contributed by atoms with Gasteiger partial charge in [-0.15, -0.1) is 0 Å². The smallest absolute Gasteiger partial charge is 0.259 e. The highest BCUT2D eigenvalue weighted by Gasteiger charge is 2.19. The molecule has 148 valence electrons. The normalized spacial score (nSPS) is 11.4. The fraction of sp³-hybridized carbons (Fsp3) is 0.300. The van der Waals surface area contributed by atoms with Crippen LogP contribution >= 0.6 is 11.6 Å². The van der Waals surface area contributed by atoms with Gasteiger partial charge in [-0.25, -0.2) is 13.8 Å². The summed E-state index contributed by atoms with van der Waals surface area (Å²) in [5, 5.41) is 2.52. The van der Waals surface area contributed by atoms with Crippen LogP contribution in [-0.4, -0.2) is 40.0 Å². The molecule has 0 saturated heterocycles. The third kappa shape index (κ3) is 4.15. The second-order valence-electron chi connectivity index (χ2n) is 6.30. The summed E-state index contributed by atoms with van der Waals surface area (Å²) >= 11 is 5.92. The van der Waals surface area contributed by atoms with Gasteiger partial charge in [-0.1, -0.05) is 37.6 Å². The van der Waals surface area contributed by atoms with E-state index in [1.807, 2.05) is 28.8 Å². The van der Waals surface area contributed by atoms with E-state index in [4.69, 9.17) is 11.6 Å². The maximum Gasteiger partial charge on any atom is 0.259 e. The second kappa shape index (κ2) is 8.67. The Morgan fingerprint density at radius 2 is 1.86 bits per heavy atom. The van der Waals surface area contributed by atoms with Crippen molar-refractivity contribution in [3.05, 3.63) is 58.6 Å². The summed E-state index contributed by atoms with van der Waals surface area (Å²) in [6, 6.07) is 9.11. The van der Waals surface area contributed by atoms with Crippen molar-refractivity contribution >= 4 is 34.5 Å². The number of carbonyl (C=O) groups excluding carboxylic acids is 1. The van der Waals surface area contributed by atoms with Crippen molar-refractivity contribution in [3.63, 3.8) is 0 Å². The number of rotatable bonds is 7. The topological polar surface area (TPSA) is 50.2 Å².